The molecule has 0 radical (unpaired) electrons. The number of rotatable bonds is 4. The Balaban J connectivity index is 0.00000144. The number of thiophene rings is 1. The molecule has 0 spiro atoms. The number of halogens is 1. The van der Waals surface area contributed by atoms with Gasteiger partial charge in [0.25, 0.3) is 0 Å². The minimum absolute atomic E-state index is 0. The highest BCUT2D eigenvalue weighted by Gasteiger charge is 2.15. The van der Waals surface area contributed by atoms with Crippen LogP contribution in [0.25, 0.3) is 0 Å². The Hall–Kier alpha value is -1.02. The van der Waals surface area contributed by atoms with E-state index >= 15 is 0 Å². The lowest BCUT2D eigenvalue weighted by Crippen LogP contribution is -2.37. The molecule has 1 atom stereocenters. The second-order valence-electron chi connectivity index (χ2n) is 3.12. The second-order valence-corrected chi connectivity index (χ2v) is 4.99. The topological polar surface area (TPSA) is 80.9 Å². The number of anilines is 1. The lowest BCUT2D eigenvalue weighted by Gasteiger charge is -2.08. The Labute approximate surface area is 112 Å². The molecule has 0 aliphatic heterocycles. The molecule has 92 valence electrons. The van der Waals surface area contributed by atoms with Crippen LogP contribution in [0.4, 0.5) is 5.13 Å². The summed E-state index contributed by atoms with van der Waals surface area (Å²) < 4.78 is 0. The van der Waals surface area contributed by atoms with Gasteiger partial charge in [-0.1, -0.05) is 17.4 Å². The molecule has 0 aromatic carbocycles. The predicted molar refractivity (Wildman–Crippen MR) is 71.8 cm³/mol. The zero-order valence-electron chi connectivity index (χ0n) is 8.70. The molecule has 0 bridgehead atoms. The van der Waals surface area contributed by atoms with Crippen LogP contribution in [0.5, 0.6) is 0 Å². The van der Waals surface area contributed by atoms with E-state index in [4.69, 9.17) is 5.73 Å². The van der Waals surface area contributed by atoms with Crippen molar-refractivity contribution in [1.29, 1.82) is 0 Å². The largest absolute Gasteiger partial charge is 0.320 e. The Morgan fingerprint density at radius 3 is 2.94 bits per heavy atom. The van der Waals surface area contributed by atoms with E-state index in [0.717, 1.165) is 4.88 Å². The highest BCUT2D eigenvalue weighted by Crippen LogP contribution is 2.12. The van der Waals surface area contributed by atoms with Crippen molar-refractivity contribution in [2.45, 2.75) is 12.5 Å². The number of aromatic nitrogens is 2. The van der Waals surface area contributed by atoms with Crippen LogP contribution >= 0.6 is 35.1 Å². The average Bonchev–Trinajstić information content (AvgIpc) is 2.90. The van der Waals surface area contributed by atoms with Crippen molar-refractivity contribution in [3.8, 4) is 0 Å². The van der Waals surface area contributed by atoms with Crippen molar-refractivity contribution in [2.75, 3.05) is 5.32 Å². The number of carbonyl (C=O) groups excluding carboxylic acids is 1. The third-order valence-corrected chi connectivity index (χ3v) is 3.43. The van der Waals surface area contributed by atoms with Gasteiger partial charge in [-0.15, -0.1) is 33.9 Å². The number of amides is 1. The summed E-state index contributed by atoms with van der Waals surface area (Å²) in [4.78, 5) is 12.7. The normalized spacial score (nSPS) is 11.6. The Morgan fingerprint density at radius 2 is 2.35 bits per heavy atom. The number of nitrogens with one attached hydrogen (secondary N) is 1. The quantitative estimate of drug-likeness (QED) is 0.895. The molecule has 2 rings (SSSR count). The summed E-state index contributed by atoms with van der Waals surface area (Å²) in [6, 6.07) is 3.35. The van der Waals surface area contributed by atoms with Gasteiger partial charge < -0.3 is 5.73 Å². The van der Waals surface area contributed by atoms with Gasteiger partial charge in [-0.25, -0.2) is 0 Å². The fraction of sp³-hybridized carbons (Fsp3) is 0.222. The van der Waals surface area contributed by atoms with Crippen LogP contribution in [0, 0.1) is 0 Å². The van der Waals surface area contributed by atoms with Crippen LogP contribution in [-0.4, -0.2) is 22.1 Å². The van der Waals surface area contributed by atoms with Gasteiger partial charge in [-0.3, -0.25) is 10.1 Å². The summed E-state index contributed by atoms with van der Waals surface area (Å²) in [5, 5.41) is 12.4. The van der Waals surface area contributed by atoms with Gasteiger partial charge in [0, 0.05) is 11.3 Å². The summed E-state index contributed by atoms with van der Waals surface area (Å²) in [7, 11) is 0. The Kier molecular flexibility index (Phi) is 5.49. The van der Waals surface area contributed by atoms with E-state index in [1.807, 2.05) is 17.5 Å². The molecule has 2 aromatic rings. The fourth-order valence-corrected chi connectivity index (χ4v) is 2.38. The van der Waals surface area contributed by atoms with Crippen LogP contribution in [0.15, 0.2) is 23.0 Å². The van der Waals surface area contributed by atoms with E-state index in [0.29, 0.717) is 11.6 Å². The summed E-state index contributed by atoms with van der Waals surface area (Å²) in [5.41, 5.74) is 7.33. The van der Waals surface area contributed by atoms with Crippen molar-refractivity contribution >= 4 is 46.1 Å². The van der Waals surface area contributed by atoms with Gasteiger partial charge in [-0.05, 0) is 11.4 Å². The number of nitrogens with zero attached hydrogens (tertiary/aromatic N) is 2. The van der Waals surface area contributed by atoms with E-state index in [1.165, 1.54) is 11.3 Å². The van der Waals surface area contributed by atoms with Gasteiger partial charge >= 0.3 is 0 Å². The maximum absolute atomic E-state index is 11.6. The molecule has 2 aromatic heterocycles. The monoisotopic (exact) mass is 290 g/mol. The van der Waals surface area contributed by atoms with Gasteiger partial charge in [0.1, 0.15) is 5.51 Å². The van der Waals surface area contributed by atoms with E-state index in [-0.39, 0.29) is 18.3 Å². The maximum atomic E-state index is 11.6. The first-order chi connectivity index (χ1) is 7.75. The van der Waals surface area contributed by atoms with Crippen molar-refractivity contribution in [2.24, 2.45) is 5.73 Å². The molecule has 17 heavy (non-hydrogen) atoms. The van der Waals surface area contributed by atoms with Crippen LogP contribution in [0.1, 0.15) is 4.88 Å². The molecule has 0 saturated carbocycles. The third-order valence-electron chi connectivity index (χ3n) is 1.93. The zero-order valence-corrected chi connectivity index (χ0v) is 11.1. The van der Waals surface area contributed by atoms with E-state index < -0.39 is 6.04 Å². The Morgan fingerprint density at radius 1 is 1.53 bits per heavy atom. The van der Waals surface area contributed by atoms with Crippen molar-refractivity contribution in [3.05, 3.63) is 27.9 Å². The highest BCUT2D eigenvalue weighted by molar-refractivity contribution is 7.13. The molecule has 0 fully saturated rings. The first-order valence-electron chi connectivity index (χ1n) is 4.60. The smallest absolute Gasteiger partial charge is 0.243 e. The molecule has 0 saturated heterocycles. The van der Waals surface area contributed by atoms with Crippen LogP contribution in [-0.2, 0) is 11.2 Å². The minimum atomic E-state index is -0.553. The molecule has 1 amide bonds. The van der Waals surface area contributed by atoms with Gasteiger partial charge in [0.05, 0.1) is 6.04 Å². The summed E-state index contributed by atoms with van der Waals surface area (Å²) in [6.07, 6.45) is 0.544. The molecular formula is C9H11ClN4OS2. The van der Waals surface area contributed by atoms with Crippen molar-refractivity contribution in [3.63, 3.8) is 0 Å². The van der Waals surface area contributed by atoms with E-state index in [9.17, 15) is 4.79 Å². The number of carbonyl (C=O) groups is 1. The van der Waals surface area contributed by atoms with E-state index in [2.05, 4.69) is 15.5 Å². The summed E-state index contributed by atoms with van der Waals surface area (Å²) >= 11 is 2.86. The van der Waals surface area contributed by atoms with Crippen LogP contribution in [0.3, 0.4) is 0 Å². The third kappa shape index (κ3) is 4.04. The molecule has 5 nitrogen and oxygen atoms in total. The van der Waals surface area contributed by atoms with Gasteiger partial charge in [0.15, 0.2) is 0 Å². The first-order valence-corrected chi connectivity index (χ1v) is 6.36. The summed E-state index contributed by atoms with van der Waals surface area (Å²) in [6.45, 7) is 0. The maximum Gasteiger partial charge on any atom is 0.243 e. The molecule has 0 aliphatic rings. The number of hydrogen-bond acceptors (Lipinski definition) is 6. The highest BCUT2D eigenvalue weighted by atomic mass is 35.5. The molecular weight excluding hydrogens is 280 g/mol. The second kappa shape index (κ2) is 6.65. The van der Waals surface area contributed by atoms with Crippen molar-refractivity contribution in [1.82, 2.24) is 10.2 Å². The van der Waals surface area contributed by atoms with Gasteiger partial charge in [0.2, 0.25) is 11.0 Å². The molecule has 1 unspecified atom stereocenters. The van der Waals surface area contributed by atoms with Crippen LogP contribution < -0.4 is 11.1 Å². The zero-order chi connectivity index (χ0) is 11.4. The van der Waals surface area contributed by atoms with Crippen molar-refractivity contribution < 1.29 is 4.79 Å². The van der Waals surface area contributed by atoms with E-state index in [1.54, 1.807) is 16.8 Å². The lowest BCUT2D eigenvalue weighted by atomic mass is 10.2. The fourth-order valence-electron chi connectivity index (χ4n) is 1.16. The summed E-state index contributed by atoms with van der Waals surface area (Å²) in [5.74, 6) is -0.231. The predicted octanol–water partition coefficient (Wildman–Crippen LogP) is 1.53. The minimum Gasteiger partial charge on any atom is -0.320 e. The Bertz CT molecular complexity index is 446. The SMILES string of the molecule is Cl.NC(Cc1cccs1)C(=O)Nc1nncs1. The van der Waals surface area contributed by atoms with Gasteiger partial charge in [-0.2, -0.15) is 0 Å². The number of nitrogens with two attached hydrogens (primary N) is 1. The average molecular weight is 291 g/mol. The molecule has 2 heterocycles. The number of hydrogen-bond donors (Lipinski definition) is 2. The van der Waals surface area contributed by atoms with Crippen LogP contribution in [0.2, 0.25) is 0 Å². The molecule has 0 aliphatic carbocycles. The first kappa shape index (κ1) is 14.0. The molecule has 8 heteroatoms. The standard InChI is InChI=1S/C9H10N4OS2.ClH/c10-7(4-6-2-1-3-15-6)8(14)12-9-13-11-5-16-9;/h1-3,5,7H,4,10H2,(H,12,13,14);1H. The molecule has 3 N–H and O–H groups in total. The lowest BCUT2D eigenvalue weighted by molar-refractivity contribution is -0.117.